The quantitative estimate of drug-likeness (QED) is 0.129. The average molecular weight is 490 g/mol. The van der Waals surface area contributed by atoms with Crippen molar-refractivity contribution in [3.05, 3.63) is 52.7 Å². The Labute approximate surface area is 210 Å². The van der Waals surface area contributed by atoms with E-state index in [2.05, 4.69) is 24.3 Å². The van der Waals surface area contributed by atoms with Crippen molar-refractivity contribution >= 4 is 0 Å². The van der Waals surface area contributed by atoms with Crippen molar-refractivity contribution in [1.29, 1.82) is 0 Å². The van der Waals surface area contributed by atoms with Gasteiger partial charge >= 0.3 is 0 Å². The van der Waals surface area contributed by atoms with Gasteiger partial charge in [-0.3, -0.25) is 0 Å². The predicted molar refractivity (Wildman–Crippen MR) is 137 cm³/mol. The minimum Gasteiger partial charge on any atom is -0.381 e. The molecular weight excluding hydrogens is 445 g/mol. The Bertz CT molecular complexity index is 799. The van der Waals surface area contributed by atoms with E-state index in [1.165, 1.54) is 25.3 Å². The number of nitrogens with zero attached hydrogens (tertiary/aromatic N) is 1. The molecule has 2 heterocycles. The lowest BCUT2D eigenvalue weighted by Crippen LogP contribution is -2.30. The van der Waals surface area contributed by atoms with Gasteiger partial charge in [0.05, 0.1) is 25.4 Å². The first-order valence-electron chi connectivity index (χ1n) is 13.5. The van der Waals surface area contributed by atoms with Crippen LogP contribution in [-0.4, -0.2) is 31.6 Å². The summed E-state index contributed by atoms with van der Waals surface area (Å²) in [6.45, 7) is 7.89. The highest BCUT2D eigenvalue weighted by Crippen LogP contribution is 2.45. The summed E-state index contributed by atoms with van der Waals surface area (Å²) < 4.78 is 31.8. The van der Waals surface area contributed by atoms with Gasteiger partial charge in [0, 0.05) is 23.5 Å². The molecule has 0 N–H and O–H groups in total. The second-order valence-corrected chi connectivity index (χ2v) is 10.8. The van der Waals surface area contributed by atoms with Crippen LogP contribution in [0.5, 0.6) is 0 Å². The van der Waals surface area contributed by atoms with Crippen molar-refractivity contribution in [3.8, 4) is 0 Å². The van der Waals surface area contributed by atoms with E-state index in [1.54, 1.807) is 18.2 Å². The highest BCUT2D eigenvalue weighted by Gasteiger charge is 2.48. The van der Waals surface area contributed by atoms with E-state index in [-0.39, 0.29) is 12.4 Å². The monoisotopic (exact) mass is 489 g/mol. The van der Waals surface area contributed by atoms with Crippen molar-refractivity contribution in [1.82, 2.24) is 0 Å². The fraction of sp³-hybridized carbons (Fsp3) is 0.724. The minimum atomic E-state index is -0.826. The molecule has 0 amide bonds. The van der Waals surface area contributed by atoms with Crippen molar-refractivity contribution in [3.63, 3.8) is 0 Å². The lowest BCUT2D eigenvalue weighted by Gasteiger charge is -2.29. The molecule has 2 aliphatic heterocycles. The van der Waals surface area contributed by atoms with E-state index in [9.17, 15) is 9.30 Å². The van der Waals surface area contributed by atoms with Gasteiger partial charge in [-0.1, -0.05) is 70.4 Å². The van der Waals surface area contributed by atoms with Crippen molar-refractivity contribution in [2.45, 2.75) is 104 Å². The summed E-state index contributed by atoms with van der Waals surface area (Å²) in [5.41, 5.74) is -0.00877. The van der Waals surface area contributed by atoms with Crippen LogP contribution in [0.15, 0.2) is 41.6 Å². The molecule has 5 atom stereocenters. The average Bonchev–Trinajstić information content (AvgIpc) is 3.44. The van der Waals surface area contributed by atoms with Crippen molar-refractivity contribution in [2.24, 2.45) is 22.4 Å². The summed E-state index contributed by atoms with van der Waals surface area (Å²) in [7, 11) is 0. The Morgan fingerprint density at radius 1 is 1.14 bits per heavy atom. The maximum atomic E-state index is 13.9. The third-order valence-electron chi connectivity index (χ3n) is 7.69. The van der Waals surface area contributed by atoms with Gasteiger partial charge < -0.3 is 14.2 Å². The fourth-order valence-corrected chi connectivity index (χ4v) is 5.41. The number of allylic oxidation sites excluding steroid dienone is 2. The third-order valence-corrected chi connectivity index (χ3v) is 7.69. The first-order chi connectivity index (χ1) is 17.0. The summed E-state index contributed by atoms with van der Waals surface area (Å²) >= 11 is 0. The number of fused-ring (bicyclic) bond motifs is 2. The normalized spacial score (nSPS) is 24.9. The summed E-state index contributed by atoms with van der Waals surface area (Å²) in [4.78, 5) is 11.5. The number of halogens is 1. The number of nitroso groups, excluding NO2 is 1. The topological polar surface area (TPSA) is 57.1 Å². The Morgan fingerprint density at radius 2 is 1.91 bits per heavy atom. The van der Waals surface area contributed by atoms with Crippen LogP contribution in [0.25, 0.3) is 0 Å². The summed E-state index contributed by atoms with van der Waals surface area (Å²) in [5, 5.41) is 3.20. The fourth-order valence-electron chi connectivity index (χ4n) is 5.41. The van der Waals surface area contributed by atoms with Gasteiger partial charge in [0.2, 0.25) is 0 Å². The number of hydrogen-bond acceptors (Lipinski definition) is 5. The molecule has 0 spiro atoms. The first-order valence-corrected chi connectivity index (χ1v) is 13.5. The van der Waals surface area contributed by atoms with Gasteiger partial charge in [-0.05, 0) is 55.7 Å². The van der Waals surface area contributed by atoms with Gasteiger partial charge in [-0.25, -0.2) is 4.39 Å². The van der Waals surface area contributed by atoms with E-state index in [4.69, 9.17) is 14.2 Å². The Hall–Kier alpha value is -1.63. The first kappa shape index (κ1) is 27.9. The van der Waals surface area contributed by atoms with Gasteiger partial charge in [-0.2, -0.15) is 0 Å². The lowest BCUT2D eigenvalue weighted by atomic mass is 9.78. The second kappa shape index (κ2) is 14.2. The molecule has 2 aliphatic rings. The van der Waals surface area contributed by atoms with Gasteiger partial charge in [-0.15, -0.1) is 4.91 Å². The number of unbranched alkanes of at least 4 members (excludes halogenated alkanes) is 3. The number of hydrogen-bond donors (Lipinski definition) is 0. The van der Waals surface area contributed by atoms with Crippen LogP contribution in [0, 0.1) is 28.0 Å². The smallest absolute Gasteiger partial charge is 0.194 e. The van der Waals surface area contributed by atoms with Gasteiger partial charge in [0.15, 0.2) is 6.23 Å². The molecule has 1 unspecified atom stereocenters. The van der Waals surface area contributed by atoms with Gasteiger partial charge in [0.1, 0.15) is 5.82 Å². The SMILES string of the molecule is CCCCCCOC[C@@H]1[C@H](CC=CCCC(C)(C)C(N=O)OCc2ccccc2F)[C@@H]2CC[C@H]1O2. The minimum absolute atomic E-state index is 0.0364. The highest BCUT2D eigenvalue weighted by molar-refractivity contribution is 5.16. The molecule has 2 bridgehead atoms. The lowest BCUT2D eigenvalue weighted by molar-refractivity contribution is -0.0348. The van der Waals surface area contributed by atoms with Crippen molar-refractivity contribution < 1.29 is 18.6 Å². The largest absolute Gasteiger partial charge is 0.381 e. The predicted octanol–water partition coefficient (Wildman–Crippen LogP) is 7.58. The van der Waals surface area contributed by atoms with Crippen LogP contribution in [0.1, 0.15) is 84.1 Å². The maximum Gasteiger partial charge on any atom is 0.194 e. The highest BCUT2D eigenvalue weighted by atomic mass is 19.1. The second-order valence-electron chi connectivity index (χ2n) is 10.8. The molecule has 0 saturated carbocycles. The zero-order valence-electron chi connectivity index (χ0n) is 21.8. The molecule has 2 saturated heterocycles. The number of rotatable bonds is 17. The van der Waals surface area contributed by atoms with E-state index < -0.39 is 11.6 Å². The standard InChI is InChI=1S/C29H44FNO4/c1-4-5-6-12-19-33-21-24-23(26-16-17-27(24)35-26)14-8-7-11-18-29(2,3)28(31-32)34-20-22-13-9-10-15-25(22)30/h7-10,13,15,23-24,26-28H,4-6,11-12,14,16-21H2,1-3H3/t23-,24+,26-,27+,28?/m0/s1. The molecule has 35 heavy (non-hydrogen) atoms. The molecule has 0 aliphatic carbocycles. The number of benzene rings is 1. The Kier molecular flexibility index (Phi) is 11.3. The summed E-state index contributed by atoms with van der Waals surface area (Å²) in [6.07, 6.45) is 14.2. The molecule has 196 valence electrons. The van der Waals surface area contributed by atoms with E-state index in [1.807, 2.05) is 13.8 Å². The molecule has 3 rings (SSSR count). The van der Waals surface area contributed by atoms with Crippen molar-refractivity contribution in [2.75, 3.05) is 13.2 Å². The number of ether oxygens (including phenoxy) is 3. The zero-order chi connectivity index (χ0) is 25.1. The van der Waals surface area contributed by atoms with Crippen LogP contribution in [0.2, 0.25) is 0 Å². The summed E-state index contributed by atoms with van der Waals surface area (Å²) in [6, 6.07) is 6.45. The zero-order valence-corrected chi connectivity index (χ0v) is 21.8. The van der Waals surface area contributed by atoms with E-state index >= 15 is 0 Å². The van der Waals surface area contributed by atoms with E-state index in [0.717, 1.165) is 51.7 Å². The Morgan fingerprint density at radius 3 is 2.66 bits per heavy atom. The molecule has 0 aromatic heterocycles. The van der Waals surface area contributed by atoms with E-state index in [0.29, 0.717) is 29.6 Å². The summed E-state index contributed by atoms with van der Waals surface area (Å²) in [5.74, 6) is 0.696. The van der Waals surface area contributed by atoms with Crippen LogP contribution in [0.3, 0.4) is 0 Å². The molecule has 5 nitrogen and oxygen atoms in total. The van der Waals surface area contributed by atoms with Crippen LogP contribution >= 0.6 is 0 Å². The van der Waals surface area contributed by atoms with Gasteiger partial charge in [0.25, 0.3) is 0 Å². The molecular formula is C29H44FNO4. The molecule has 2 fully saturated rings. The third kappa shape index (κ3) is 8.19. The Balaban J connectivity index is 1.40. The van der Waals surface area contributed by atoms with Crippen LogP contribution < -0.4 is 0 Å². The molecule has 6 heteroatoms. The molecule has 0 radical (unpaired) electrons. The molecule has 1 aromatic rings. The van der Waals surface area contributed by atoms with Crippen LogP contribution in [0.4, 0.5) is 4.39 Å². The van der Waals surface area contributed by atoms with Crippen LogP contribution in [-0.2, 0) is 20.8 Å². The maximum absolute atomic E-state index is 13.9. The molecule has 1 aromatic carbocycles.